The molecule has 2 aromatic rings. The Bertz CT molecular complexity index is 985. The van der Waals surface area contributed by atoms with E-state index in [0.29, 0.717) is 44.4 Å². The molecule has 1 N–H and O–H groups in total. The van der Waals surface area contributed by atoms with Crippen LogP contribution in [-0.4, -0.2) is 56.2 Å². The third-order valence-electron chi connectivity index (χ3n) is 6.22. The van der Waals surface area contributed by atoms with Gasteiger partial charge in [-0.05, 0) is 44.6 Å². The van der Waals surface area contributed by atoms with Crippen molar-refractivity contribution >= 4 is 23.7 Å². The van der Waals surface area contributed by atoms with Crippen LogP contribution in [0.3, 0.4) is 0 Å². The minimum atomic E-state index is -0.136. The van der Waals surface area contributed by atoms with Gasteiger partial charge in [-0.15, -0.1) is 0 Å². The van der Waals surface area contributed by atoms with Crippen molar-refractivity contribution in [3.63, 3.8) is 0 Å². The van der Waals surface area contributed by atoms with Gasteiger partial charge in [-0.1, -0.05) is 36.2 Å². The molecule has 188 valence electrons. The number of rotatable bonds is 10. The van der Waals surface area contributed by atoms with Gasteiger partial charge in [0.25, 0.3) is 0 Å². The quantitative estimate of drug-likeness (QED) is 0.228. The number of morpholine rings is 1. The van der Waals surface area contributed by atoms with Crippen molar-refractivity contribution in [2.24, 2.45) is 5.10 Å². The summed E-state index contributed by atoms with van der Waals surface area (Å²) in [5.41, 5.74) is 6.23. The first-order chi connectivity index (χ1) is 17.2. The SMILES string of the molecule is Cc1cccc(C=NNc2cc(N3CCOCC3)cc(OCCCC(=O)OC3CCCCC3)n2)c1. The van der Waals surface area contributed by atoms with Gasteiger partial charge in [0.2, 0.25) is 5.88 Å². The molecule has 0 bridgehead atoms. The number of hydrazone groups is 1. The van der Waals surface area contributed by atoms with Gasteiger partial charge in [0.05, 0.1) is 26.0 Å². The van der Waals surface area contributed by atoms with Crippen LogP contribution in [0.2, 0.25) is 0 Å². The number of carbonyl (C=O) groups is 1. The minimum Gasteiger partial charge on any atom is -0.478 e. The Morgan fingerprint density at radius 1 is 1.20 bits per heavy atom. The fraction of sp³-hybridized carbons (Fsp3) is 0.519. The average Bonchev–Trinajstić information content (AvgIpc) is 2.88. The van der Waals surface area contributed by atoms with E-state index >= 15 is 0 Å². The maximum atomic E-state index is 12.2. The van der Waals surface area contributed by atoms with Gasteiger partial charge < -0.3 is 19.1 Å². The molecule has 0 amide bonds. The van der Waals surface area contributed by atoms with Crippen LogP contribution in [0.5, 0.6) is 5.88 Å². The number of pyridine rings is 1. The number of aryl methyl sites for hydroxylation is 1. The molecular weight excluding hydrogens is 444 g/mol. The zero-order chi connectivity index (χ0) is 24.3. The second-order valence-corrected chi connectivity index (χ2v) is 9.13. The Hall–Kier alpha value is -3.13. The topological polar surface area (TPSA) is 85.3 Å². The van der Waals surface area contributed by atoms with Crippen LogP contribution in [-0.2, 0) is 14.3 Å². The number of nitrogens with one attached hydrogen (secondary N) is 1. The molecule has 8 nitrogen and oxygen atoms in total. The van der Waals surface area contributed by atoms with Crippen molar-refractivity contribution in [3.8, 4) is 5.88 Å². The molecule has 2 fully saturated rings. The van der Waals surface area contributed by atoms with Crippen molar-refractivity contribution in [2.75, 3.05) is 43.2 Å². The van der Waals surface area contributed by atoms with Gasteiger partial charge >= 0.3 is 5.97 Å². The number of ether oxygens (including phenoxy) is 3. The van der Waals surface area contributed by atoms with Crippen LogP contribution >= 0.6 is 0 Å². The molecule has 8 heteroatoms. The fourth-order valence-electron chi connectivity index (χ4n) is 4.37. The summed E-state index contributed by atoms with van der Waals surface area (Å²) in [6, 6.07) is 12.0. The highest BCUT2D eigenvalue weighted by Gasteiger charge is 2.18. The van der Waals surface area contributed by atoms with Gasteiger partial charge in [0.15, 0.2) is 5.82 Å². The lowest BCUT2D eigenvalue weighted by molar-refractivity contribution is -0.150. The average molecular weight is 481 g/mol. The van der Waals surface area contributed by atoms with Crippen LogP contribution in [0.1, 0.15) is 56.1 Å². The van der Waals surface area contributed by atoms with Gasteiger partial charge in [-0.3, -0.25) is 10.2 Å². The maximum Gasteiger partial charge on any atom is 0.306 e. The summed E-state index contributed by atoms with van der Waals surface area (Å²) in [7, 11) is 0. The van der Waals surface area contributed by atoms with E-state index in [1.807, 2.05) is 24.3 Å². The first-order valence-corrected chi connectivity index (χ1v) is 12.7. The van der Waals surface area contributed by atoms with E-state index in [1.165, 1.54) is 12.0 Å². The van der Waals surface area contributed by atoms with Crippen molar-refractivity contribution in [3.05, 3.63) is 47.5 Å². The number of benzene rings is 1. The lowest BCUT2D eigenvalue weighted by Gasteiger charge is -2.29. The van der Waals surface area contributed by atoms with Gasteiger partial charge in [0, 0.05) is 37.3 Å². The highest BCUT2D eigenvalue weighted by molar-refractivity contribution is 5.80. The minimum absolute atomic E-state index is 0.0954. The van der Waals surface area contributed by atoms with E-state index in [1.54, 1.807) is 6.21 Å². The molecule has 0 atom stereocenters. The van der Waals surface area contributed by atoms with E-state index in [0.717, 1.165) is 50.0 Å². The second kappa shape index (κ2) is 13.1. The molecule has 0 radical (unpaired) electrons. The van der Waals surface area contributed by atoms with Gasteiger partial charge in [-0.2, -0.15) is 10.1 Å². The first-order valence-electron chi connectivity index (χ1n) is 12.7. The van der Waals surface area contributed by atoms with E-state index in [-0.39, 0.29) is 12.1 Å². The van der Waals surface area contributed by atoms with Crippen LogP contribution in [0.4, 0.5) is 11.5 Å². The van der Waals surface area contributed by atoms with Crippen LogP contribution in [0, 0.1) is 6.92 Å². The van der Waals surface area contributed by atoms with Crippen LogP contribution in [0.15, 0.2) is 41.5 Å². The largest absolute Gasteiger partial charge is 0.478 e. The van der Waals surface area contributed by atoms with E-state index < -0.39 is 0 Å². The van der Waals surface area contributed by atoms with Crippen molar-refractivity contribution in [1.82, 2.24) is 4.98 Å². The summed E-state index contributed by atoms with van der Waals surface area (Å²) >= 11 is 0. The molecule has 0 spiro atoms. The normalized spacial score (nSPS) is 16.9. The molecule has 2 aliphatic rings. The molecule has 1 aliphatic heterocycles. The number of carbonyl (C=O) groups excluding carboxylic acids is 1. The fourth-order valence-corrected chi connectivity index (χ4v) is 4.37. The standard InChI is InChI=1S/C27H36N4O4/c1-21-7-5-8-22(17-21)20-28-30-25-18-23(31-12-15-33-16-13-31)19-26(29-25)34-14-6-11-27(32)35-24-9-3-2-4-10-24/h5,7-8,17-20,24H,2-4,6,9-16H2,1H3,(H,29,30). The summed E-state index contributed by atoms with van der Waals surface area (Å²) in [6.07, 6.45) is 8.33. The van der Waals surface area contributed by atoms with Gasteiger partial charge in [0.1, 0.15) is 6.10 Å². The molecular formula is C27H36N4O4. The number of hydrogen-bond acceptors (Lipinski definition) is 8. The van der Waals surface area contributed by atoms with Crippen molar-refractivity contribution in [2.45, 2.75) is 58.0 Å². The lowest BCUT2D eigenvalue weighted by atomic mass is 9.98. The van der Waals surface area contributed by atoms with E-state index in [9.17, 15) is 4.79 Å². The summed E-state index contributed by atoms with van der Waals surface area (Å²) in [5, 5.41) is 4.36. The molecule has 35 heavy (non-hydrogen) atoms. The molecule has 1 aliphatic carbocycles. The lowest BCUT2D eigenvalue weighted by Crippen LogP contribution is -2.36. The number of hydrogen-bond donors (Lipinski definition) is 1. The van der Waals surface area contributed by atoms with Crippen molar-refractivity contribution in [1.29, 1.82) is 0 Å². The predicted molar refractivity (Wildman–Crippen MR) is 137 cm³/mol. The summed E-state index contributed by atoms with van der Waals surface area (Å²) in [4.78, 5) is 19.0. The first kappa shape index (κ1) is 25.0. The number of anilines is 2. The predicted octanol–water partition coefficient (Wildman–Crippen LogP) is 4.71. The zero-order valence-electron chi connectivity index (χ0n) is 20.6. The monoisotopic (exact) mass is 480 g/mol. The zero-order valence-corrected chi connectivity index (χ0v) is 20.6. The Kier molecular flexibility index (Phi) is 9.34. The summed E-state index contributed by atoms with van der Waals surface area (Å²) in [6.45, 7) is 5.44. The maximum absolute atomic E-state index is 12.2. The number of nitrogens with zero attached hydrogens (tertiary/aromatic N) is 3. The van der Waals surface area contributed by atoms with E-state index in [2.05, 4.69) is 39.5 Å². The van der Waals surface area contributed by atoms with E-state index in [4.69, 9.17) is 14.2 Å². The molecule has 1 aromatic carbocycles. The molecule has 1 saturated carbocycles. The molecule has 4 rings (SSSR count). The molecule has 1 aromatic heterocycles. The third-order valence-corrected chi connectivity index (χ3v) is 6.22. The Labute approximate surface area is 207 Å². The van der Waals surface area contributed by atoms with Crippen LogP contribution in [0.25, 0.3) is 0 Å². The van der Waals surface area contributed by atoms with Gasteiger partial charge in [-0.25, -0.2) is 0 Å². The highest BCUT2D eigenvalue weighted by atomic mass is 16.5. The number of aromatic nitrogens is 1. The Morgan fingerprint density at radius 2 is 2.03 bits per heavy atom. The number of esters is 1. The highest BCUT2D eigenvalue weighted by Crippen LogP contribution is 2.25. The Morgan fingerprint density at radius 3 is 2.83 bits per heavy atom. The summed E-state index contributed by atoms with van der Waals surface area (Å²) < 4.78 is 17.0. The van der Waals surface area contributed by atoms with Crippen molar-refractivity contribution < 1.29 is 19.0 Å². The Balaban J connectivity index is 1.33. The third kappa shape index (κ3) is 8.24. The summed E-state index contributed by atoms with van der Waals surface area (Å²) in [5.74, 6) is 0.968. The molecule has 0 unspecified atom stereocenters. The molecule has 2 heterocycles. The smallest absolute Gasteiger partial charge is 0.306 e. The second-order valence-electron chi connectivity index (χ2n) is 9.13. The molecule has 1 saturated heterocycles. The van der Waals surface area contributed by atoms with Crippen LogP contribution < -0.4 is 15.1 Å².